The lowest BCUT2D eigenvalue weighted by Gasteiger charge is -2.40. The first-order chi connectivity index (χ1) is 13.7. The van der Waals surface area contributed by atoms with E-state index in [0.29, 0.717) is 38.7 Å². The minimum Gasteiger partial charge on any atom is -0.393 e. The molecule has 1 atom stereocenters. The van der Waals surface area contributed by atoms with Crippen LogP contribution in [0.3, 0.4) is 0 Å². The molecule has 29 heavy (non-hydrogen) atoms. The number of hydrogen-bond acceptors (Lipinski definition) is 5. The molecule has 4 rings (SSSR count). The number of carbonyl (C=O) groups is 1. The normalized spacial score (nSPS) is 31.0. The van der Waals surface area contributed by atoms with Crippen LogP contribution in [0.1, 0.15) is 50.5 Å². The van der Waals surface area contributed by atoms with Crippen LogP contribution in [-0.2, 0) is 11.0 Å². The Balaban J connectivity index is 1.50. The molecule has 3 fully saturated rings. The molecule has 6 nitrogen and oxygen atoms in total. The van der Waals surface area contributed by atoms with Crippen molar-refractivity contribution in [3.8, 4) is 0 Å². The van der Waals surface area contributed by atoms with E-state index in [9.17, 15) is 23.1 Å². The van der Waals surface area contributed by atoms with E-state index in [1.54, 1.807) is 4.90 Å². The summed E-state index contributed by atoms with van der Waals surface area (Å²) in [5, 5.41) is 9.10. The number of piperidine rings is 1. The van der Waals surface area contributed by atoms with Crippen LogP contribution in [0.25, 0.3) is 0 Å². The average Bonchev–Trinajstić information content (AvgIpc) is 2.97. The zero-order valence-electron chi connectivity index (χ0n) is 16.0. The summed E-state index contributed by atoms with van der Waals surface area (Å²) in [4.78, 5) is 24.8. The van der Waals surface area contributed by atoms with Crippen LogP contribution >= 0.6 is 11.6 Å². The van der Waals surface area contributed by atoms with Crippen LogP contribution < -0.4 is 4.90 Å². The second-order valence-corrected chi connectivity index (χ2v) is 8.75. The van der Waals surface area contributed by atoms with E-state index >= 15 is 0 Å². The van der Waals surface area contributed by atoms with Gasteiger partial charge in [-0.15, -0.1) is 0 Å². The van der Waals surface area contributed by atoms with Gasteiger partial charge in [-0.25, -0.2) is 9.97 Å². The summed E-state index contributed by atoms with van der Waals surface area (Å²) in [6.45, 7) is 1.65. The maximum atomic E-state index is 13.3. The van der Waals surface area contributed by atoms with Crippen molar-refractivity contribution in [2.75, 3.05) is 24.5 Å². The number of carbonyl (C=O) groups excluding carboxylic acids is 1. The number of nitrogens with zero attached hydrogens (tertiary/aromatic N) is 4. The number of amides is 1. The fourth-order valence-corrected chi connectivity index (χ4v) is 5.17. The first kappa shape index (κ1) is 20.7. The van der Waals surface area contributed by atoms with Crippen molar-refractivity contribution in [1.29, 1.82) is 0 Å². The van der Waals surface area contributed by atoms with Gasteiger partial charge in [0.05, 0.1) is 11.5 Å². The molecule has 3 aliphatic rings. The van der Waals surface area contributed by atoms with Crippen LogP contribution in [0.2, 0.25) is 5.15 Å². The van der Waals surface area contributed by atoms with Gasteiger partial charge in [0.15, 0.2) is 0 Å². The molecule has 1 N–H and O–H groups in total. The van der Waals surface area contributed by atoms with Crippen LogP contribution in [0.4, 0.5) is 19.1 Å². The molecule has 0 aromatic carbocycles. The highest BCUT2D eigenvalue weighted by Gasteiger charge is 2.51. The van der Waals surface area contributed by atoms with Crippen molar-refractivity contribution in [1.82, 2.24) is 14.9 Å². The summed E-state index contributed by atoms with van der Waals surface area (Å²) in [5.74, 6) is 0.246. The minimum absolute atomic E-state index is 0.113. The van der Waals surface area contributed by atoms with E-state index in [2.05, 4.69) is 9.97 Å². The zero-order chi connectivity index (χ0) is 20.8. The molecule has 1 amide bonds. The number of aliphatic hydroxyl groups is 1. The van der Waals surface area contributed by atoms with E-state index in [1.165, 1.54) is 0 Å². The second-order valence-electron chi connectivity index (χ2n) is 8.39. The summed E-state index contributed by atoms with van der Waals surface area (Å²) in [6.07, 6.45) is 1.09. The van der Waals surface area contributed by atoms with E-state index in [4.69, 9.17) is 11.6 Å². The predicted molar refractivity (Wildman–Crippen MR) is 101 cm³/mol. The third-order valence-electron chi connectivity index (χ3n) is 6.55. The topological polar surface area (TPSA) is 69.6 Å². The molecule has 0 bridgehead atoms. The Labute approximate surface area is 172 Å². The van der Waals surface area contributed by atoms with Crippen molar-refractivity contribution in [3.05, 3.63) is 16.9 Å². The van der Waals surface area contributed by atoms with Gasteiger partial charge in [-0.05, 0) is 44.9 Å². The van der Waals surface area contributed by atoms with E-state index in [0.717, 1.165) is 32.1 Å². The number of aliphatic hydroxyl groups excluding tert-OH is 1. The van der Waals surface area contributed by atoms with Gasteiger partial charge in [0.25, 0.3) is 0 Å². The Kier molecular flexibility index (Phi) is 5.40. The highest BCUT2D eigenvalue weighted by Crippen LogP contribution is 2.43. The largest absolute Gasteiger partial charge is 0.420 e. The molecular formula is C19H24ClF3N4O2. The minimum atomic E-state index is -4.60. The van der Waals surface area contributed by atoms with Gasteiger partial charge in [-0.2, -0.15) is 13.2 Å². The molecule has 0 unspecified atom stereocenters. The van der Waals surface area contributed by atoms with Crippen molar-refractivity contribution < 1.29 is 23.1 Å². The molecule has 3 heterocycles. The first-order valence-electron chi connectivity index (χ1n) is 10.0. The Morgan fingerprint density at radius 3 is 2.55 bits per heavy atom. The standard InChI is InChI=1S/C19H24ClF3N4O2/c20-15-14(19(21,22)23)10-24-17(25-15)26-8-1-6-18(11-26)7-9-27(16(18)29)12-2-4-13(28)5-3-12/h10,12-13,28H,1-9,11H2/t12-,13-,18-/m0/s1. The molecule has 1 aromatic rings. The van der Waals surface area contributed by atoms with E-state index in [-0.39, 0.29) is 24.0 Å². The predicted octanol–water partition coefficient (Wildman–Crippen LogP) is 3.27. The Bertz CT molecular complexity index is 785. The van der Waals surface area contributed by atoms with Gasteiger partial charge in [-0.1, -0.05) is 11.6 Å². The molecule has 1 aromatic heterocycles. The van der Waals surface area contributed by atoms with Gasteiger partial charge in [0.2, 0.25) is 11.9 Å². The Morgan fingerprint density at radius 2 is 1.90 bits per heavy atom. The summed E-state index contributed by atoms with van der Waals surface area (Å²) < 4.78 is 38.7. The first-order valence-corrected chi connectivity index (χ1v) is 10.4. The van der Waals surface area contributed by atoms with Crippen LogP contribution in [0, 0.1) is 5.41 Å². The van der Waals surface area contributed by atoms with Gasteiger partial charge in [0, 0.05) is 31.9 Å². The maximum absolute atomic E-state index is 13.3. The molecule has 1 aliphatic carbocycles. The quantitative estimate of drug-likeness (QED) is 0.726. The monoisotopic (exact) mass is 432 g/mol. The lowest BCUT2D eigenvalue weighted by Crippen LogP contribution is -2.50. The number of likely N-dealkylation sites (tertiary alicyclic amines) is 1. The van der Waals surface area contributed by atoms with Crippen LogP contribution in [0.5, 0.6) is 0 Å². The number of alkyl halides is 3. The molecule has 0 radical (unpaired) electrons. The molecule has 1 spiro atoms. The summed E-state index contributed by atoms with van der Waals surface area (Å²) >= 11 is 5.76. The number of halogens is 4. The van der Waals surface area contributed by atoms with E-state index in [1.807, 2.05) is 4.90 Å². The summed E-state index contributed by atoms with van der Waals surface area (Å²) in [7, 11) is 0. The van der Waals surface area contributed by atoms with Crippen LogP contribution in [-0.4, -0.2) is 57.7 Å². The molecule has 10 heteroatoms. The highest BCUT2D eigenvalue weighted by molar-refractivity contribution is 6.30. The Hall–Kier alpha value is -1.61. The zero-order valence-corrected chi connectivity index (χ0v) is 16.7. The lowest BCUT2D eigenvalue weighted by atomic mass is 9.78. The number of aromatic nitrogens is 2. The fraction of sp³-hybridized carbons (Fsp3) is 0.737. The number of hydrogen-bond donors (Lipinski definition) is 1. The number of anilines is 1. The van der Waals surface area contributed by atoms with Crippen molar-refractivity contribution in [3.63, 3.8) is 0 Å². The van der Waals surface area contributed by atoms with Crippen molar-refractivity contribution in [2.45, 2.75) is 63.3 Å². The van der Waals surface area contributed by atoms with Crippen molar-refractivity contribution >= 4 is 23.5 Å². The lowest BCUT2D eigenvalue weighted by molar-refractivity contribution is -0.139. The maximum Gasteiger partial charge on any atom is 0.420 e. The van der Waals surface area contributed by atoms with E-state index < -0.39 is 22.3 Å². The SMILES string of the molecule is O=C1N([C@H]2CC[C@H](O)CC2)CC[C@]12CCCN(c1ncc(C(F)(F)F)c(Cl)n1)C2. The molecule has 1 saturated carbocycles. The molecule has 2 saturated heterocycles. The van der Waals surface area contributed by atoms with Crippen molar-refractivity contribution in [2.24, 2.45) is 5.41 Å². The van der Waals surface area contributed by atoms with Gasteiger partial charge >= 0.3 is 6.18 Å². The smallest absolute Gasteiger partial charge is 0.393 e. The molecule has 2 aliphatic heterocycles. The second kappa shape index (κ2) is 7.58. The highest BCUT2D eigenvalue weighted by atomic mass is 35.5. The van der Waals surface area contributed by atoms with Gasteiger partial charge < -0.3 is 14.9 Å². The molecule has 160 valence electrons. The summed E-state index contributed by atoms with van der Waals surface area (Å²) in [6, 6.07) is 0.164. The third kappa shape index (κ3) is 3.91. The van der Waals surface area contributed by atoms with Gasteiger partial charge in [0.1, 0.15) is 10.7 Å². The van der Waals surface area contributed by atoms with Gasteiger partial charge in [-0.3, -0.25) is 4.79 Å². The fourth-order valence-electron chi connectivity index (χ4n) is 4.94. The third-order valence-corrected chi connectivity index (χ3v) is 6.84. The number of rotatable bonds is 2. The average molecular weight is 433 g/mol. The molecular weight excluding hydrogens is 409 g/mol. The Morgan fingerprint density at radius 1 is 1.17 bits per heavy atom. The van der Waals surface area contributed by atoms with Crippen LogP contribution in [0.15, 0.2) is 6.20 Å². The summed E-state index contributed by atoms with van der Waals surface area (Å²) in [5.41, 5.74) is -1.61.